The van der Waals surface area contributed by atoms with Crippen molar-refractivity contribution in [3.05, 3.63) is 66.5 Å². The number of halogens is 2. The fourth-order valence-electron chi connectivity index (χ4n) is 3.40. The van der Waals surface area contributed by atoms with Gasteiger partial charge in [0.25, 0.3) is 0 Å². The van der Waals surface area contributed by atoms with Crippen molar-refractivity contribution >= 4 is 15.7 Å². The highest BCUT2D eigenvalue weighted by atomic mass is 32.2. The molecule has 1 aliphatic heterocycles. The quantitative estimate of drug-likeness (QED) is 0.549. The molecule has 7 nitrogen and oxygen atoms in total. The molecule has 1 aliphatic rings. The predicted molar refractivity (Wildman–Crippen MR) is 114 cm³/mol. The van der Waals surface area contributed by atoms with Crippen LogP contribution in [0.25, 0.3) is 0 Å². The van der Waals surface area contributed by atoms with Gasteiger partial charge in [0, 0.05) is 44.3 Å². The molecule has 32 heavy (non-hydrogen) atoms. The van der Waals surface area contributed by atoms with E-state index in [0.29, 0.717) is 24.7 Å². The first kappa shape index (κ1) is 21.9. The van der Waals surface area contributed by atoms with Crippen LogP contribution in [0.3, 0.4) is 0 Å². The number of anilines is 1. The summed E-state index contributed by atoms with van der Waals surface area (Å²) in [5, 5.41) is 0. The van der Waals surface area contributed by atoms with Crippen LogP contribution >= 0.6 is 0 Å². The molecular weight excluding hydrogens is 440 g/mol. The zero-order chi connectivity index (χ0) is 22.7. The Kier molecular flexibility index (Phi) is 6.22. The maximum Gasteiger partial charge on any atom is 0.224 e. The summed E-state index contributed by atoms with van der Waals surface area (Å²) in [4.78, 5) is 10.2. The first-order valence-corrected chi connectivity index (χ1v) is 11.8. The minimum absolute atomic E-state index is 0.0342. The zero-order valence-corrected chi connectivity index (χ0v) is 18.1. The molecule has 168 valence electrons. The summed E-state index contributed by atoms with van der Waals surface area (Å²) in [5.74, 6) is -0.0138. The Morgan fingerprint density at radius 1 is 1.03 bits per heavy atom. The SMILES string of the molecule is CS(=O)(=O)c1ccc(Oc2cc(N3CCC(Oc4cccc(F)c4)CC3)ncn2)c(F)c1. The summed E-state index contributed by atoms with van der Waals surface area (Å²) in [6, 6.07) is 11.1. The first-order valence-electron chi connectivity index (χ1n) is 9.94. The third kappa shape index (κ3) is 5.31. The van der Waals surface area contributed by atoms with E-state index in [0.717, 1.165) is 25.2 Å². The number of sulfone groups is 1. The van der Waals surface area contributed by atoms with Crippen molar-refractivity contribution in [2.75, 3.05) is 24.2 Å². The molecule has 0 unspecified atom stereocenters. The topological polar surface area (TPSA) is 81.6 Å². The standard InChI is InChI=1S/C22H21F2N3O4S/c1-32(28,29)18-5-6-20(19(24)12-18)31-22-13-21(25-14-26-22)27-9-7-16(8-10-27)30-17-4-2-3-15(23)11-17/h2-6,11-14,16H,7-10H2,1H3. The largest absolute Gasteiger partial charge is 0.490 e. The van der Waals surface area contributed by atoms with Gasteiger partial charge in [-0.1, -0.05) is 6.07 Å². The third-order valence-electron chi connectivity index (χ3n) is 5.04. The van der Waals surface area contributed by atoms with Crippen molar-refractivity contribution in [1.29, 1.82) is 0 Å². The number of hydrogen-bond acceptors (Lipinski definition) is 7. The van der Waals surface area contributed by atoms with Crippen LogP contribution in [0.2, 0.25) is 0 Å². The summed E-state index contributed by atoms with van der Waals surface area (Å²) in [6.45, 7) is 1.32. The van der Waals surface area contributed by atoms with E-state index < -0.39 is 15.7 Å². The van der Waals surface area contributed by atoms with Crippen molar-refractivity contribution in [1.82, 2.24) is 9.97 Å². The second kappa shape index (κ2) is 9.07. The fourth-order valence-corrected chi connectivity index (χ4v) is 4.03. The van der Waals surface area contributed by atoms with E-state index in [9.17, 15) is 17.2 Å². The summed E-state index contributed by atoms with van der Waals surface area (Å²) >= 11 is 0. The summed E-state index contributed by atoms with van der Waals surface area (Å²) in [5.41, 5.74) is 0. The Hall–Kier alpha value is -3.27. The van der Waals surface area contributed by atoms with Crippen molar-refractivity contribution in [3.8, 4) is 17.4 Å². The van der Waals surface area contributed by atoms with E-state index in [1.807, 2.05) is 4.90 Å². The monoisotopic (exact) mass is 461 g/mol. The average Bonchev–Trinajstić information content (AvgIpc) is 2.75. The van der Waals surface area contributed by atoms with Gasteiger partial charge in [0.05, 0.1) is 4.90 Å². The van der Waals surface area contributed by atoms with Crippen molar-refractivity contribution in [2.24, 2.45) is 0 Å². The van der Waals surface area contributed by atoms with Gasteiger partial charge in [-0.3, -0.25) is 0 Å². The minimum atomic E-state index is -3.52. The number of aromatic nitrogens is 2. The molecule has 3 aromatic rings. The van der Waals surface area contributed by atoms with Crippen LogP contribution in [0.5, 0.6) is 17.4 Å². The third-order valence-corrected chi connectivity index (χ3v) is 6.15. The average molecular weight is 461 g/mol. The Bertz CT molecular complexity index is 1220. The van der Waals surface area contributed by atoms with Crippen LogP contribution in [-0.4, -0.2) is 43.8 Å². The number of benzene rings is 2. The van der Waals surface area contributed by atoms with E-state index in [2.05, 4.69) is 9.97 Å². The summed E-state index contributed by atoms with van der Waals surface area (Å²) in [6.07, 6.45) is 3.73. The second-order valence-corrected chi connectivity index (χ2v) is 9.46. The van der Waals surface area contributed by atoms with E-state index in [1.54, 1.807) is 18.2 Å². The number of rotatable bonds is 6. The molecule has 0 amide bonds. The van der Waals surface area contributed by atoms with Gasteiger partial charge in [-0.15, -0.1) is 0 Å². The van der Waals surface area contributed by atoms with Crippen LogP contribution in [-0.2, 0) is 9.84 Å². The predicted octanol–water partition coefficient (Wildman–Crippen LogP) is 4.00. The Morgan fingerprint density at radius 2 is 1.81 bits per heavy atom. The fraction of sp³-hybridized carbons (Fsp3) is 0.273. The molecule has 2 heterocycles. The van der Waals surface area contributed by atoms with Gasteiger partial charge in [-0.25, -0.2) is 27.2 Å². The van der Waals surface area contributed by atoms with Crippen LogP contribution in [0.1, 0.15) is 12.8 Å². The number of ether oxygens (including phenoxy) is 2. The van der Waals surface area contributed by atoms with Gasteiger partial charge in [0.1, 0.15) is 29.8 Å². The van der Waals surface area contributed by atoms with Crippen LogP contribution in [0, 0.1) is 11.6 Å². The first-order chi connectivity index (χ1) is 15.3. The highest BCUT2D eigenvalue weighted by molar-refractivity contribution is 7.90. The summed E-state index contributed by atoms with van der Waals surface area (Å²) in [7, 11) is -3.52. The molecule has 0 spiro atoms. The van der Waals surface area contributed by atoms with Crippen LogP contribution < -0.4 is 14.4 Å². The molecule has 1 saturated heterocycles. The lowest BCUT2D eigenvalue weighted by molar-refractivity contribution is 0.170. The molecule has 0 bridgehead atoms. The van der Waals surface area contributed by atoms with Gasteiger partial charge in [0.2, 0.25) is 5.88 Å². The van der Waals surface area contributed by atoms with Gasteiger partial charge in [-0.2, -0.15) is 0 Å². The summed E-state index contributed by atoms with van der Waals surface area (Å²) < 4.78 is 62.1. The maximum atomic E-state index is 14.3. The van der Waals surface area contributed by atoms with E-state index in [1.165, 1.54) is 30.6 Å². The number of piperidine rings is 1. The van der Waals surface area contributed by atoms with E-state index in [4.69, 9.17) is 9.47 Å². The van der Waals surface area contributed by atoms with Gasteiger partial charge in [0.15, 0.2) is 21.4 Å². The molecule has 0 radical (unpaired) electrons. The molecule has 2 aromatic carbocycles. The lowest BCUT2D eigenvalue weighted by Gasteiger charge is -2.32. The number of nitrogens with zero attached hydrogens (tertiary/aromatic N) is 3. The minimum Gasteiger partial charge on any atom is -0.490 e. The molecule has 0 aliphatic carbocycles. The zero-order valence-electron chi connectivity index (χ0n) is 17.2. The second-order valence-electron chi connectivity index (χ2n) is 7.44. The van der Waals surface area contributed by atoms with E-state index >= 15 is 0 Å². The highest BCUT2D eigenvalue weighted by Gasteiger charge is 2.22. The number of hydrogen-bond donors (Lipinski definition) is 0. The molecule has 1 fully saturated rings. The van der Waals surface area contributed by atoms with Crippen molar-refractivity contribution < 1.29 is 26.7 Å². The Balaban J connectivity index is 1.39. The highest BCUT2D eigenvalue weighted by Crippen LogP contribution is 2.28. The maximum absolute atomic E-state index is 14.3. The van der Waals surface area contributed by atoms with E-state index in [-0.39, 0.29) is 28.4 Å². The van der Waals surface area contributed by atoms with Crippen LogP contribution in [0.15, 0.2) is 59.8 Å². The van der Waals surface area contributed by atoms with Crippen LogP contribution in [0.4, 0.5) is 14.6 Å². The molecule has 1 aromatic heterocycles. The van der Waals surface area contributed by atoms with Gasteiger partial charge < -0.3 is 14.4 Å². The van der Waals surface area contributed by atoms with Crippen molar-refractivity contribution in [3.63, 3.8) is 0 Å². The molecule has 10 heteroatoms. The molecule has 0 atom stereocenters. The molecule has 4 rings (SSSR count). The van der Waals surface area contributed by atoms with Crippen molar-refractivity contribution in [2.45, 2.75) is 23.8 Å². The lowest BCUT2D eigenvalue weighted by atomic mass is 10.1. The smallest absolute Gasteiger partial charge is 0.224 e. The molecule has 0 saturated carbocycles. The Labute approximate surface area is 184 Å². The lowest BCUT2D eigenvalue weighted by Crippen LogP contribution is -2.38. The Morgan fingerprint density at radius 3 is 2.50 bits per heavy atom. The van der Waals surface area contributed by atoms with Gasteiger partial charge in [-0.05, 0) is 30.3 Å². The molecule has 0 N–H and O–H groups in total. The molecular formula is C22H21F2N3O4S. The normalized spacial score (nSPS) is 14.9. The van der Waals surface area contributed by atoms with Gasteiger partial charge >= 0.3 is 0 Å².